The third-order valence-corrected chi connectivity index (χ3v) is 3.76. The number of alkyl halides is 2. The highest BCUT2D eigenvalue weighted by Gasteiger charge is 2.15. The first-order valence-corrected chi connectivity index (χ1v) is 7.64. The van der Waals surface area contributed by atoms with E-state index in [0.29, 0.717) is 17.8 Å². The standard InChI is InChI=1S/C18H16F2N2O3/c1-22(11-12-6-8-13(9-7-12)24-18(19)20)17(23)10-15-14-4-2-3-5-16(14)25-21-15/h2-9,18H,10-11H2,1H3. The normalized spacial score (nSPS) is 11.0. The van der Waals surface area contributed by atoms with Crippen LogP contribution in [0.3, 0.4) is 0 Å². The number of likely N-dealkylation sites (N-methyl/N-ethyl adjacent to an activating group) is 1. The van der Waals surface area contributed by atoms with Gasteiger partial charge in [0.1, 0.15) is 11.4 Å². The Bertz CT molecular complexity index is 862. The first kappa shape index (κ1) is 16.9. The van der Waals surface area contributed by atoms with Crippen LogP contribution < -0.4 is 4.74 Å². The van der Waals surface area contributed by atoms with Gasteiger partial charge in [0, 0.05) is 19.0 Å². The number of amides is 1. The highest BCUT2D eigenvalue weighted by molar-refractivity contribution is 5.86. The fourth-order valence-electron chi connectivity index (χ4n) is 2.48. The van der Waals surface area contributed by atoms with Crippen molar-refractivity contribution in [2.45, 2.75) is 19.6 Å². The fraction of sp³-hybridized carbons (Fsp3) is 0.222. The summed E-state index contributed by atoms with van der Waals surface area (Å²) < 4.78 is 33.8. The average Bonchev–Trinajstić information content (AvgIpc) is 2.99. The van der Waals surface area contributed by atoms with Crippen LogP contribution in [0.4, 0.5) is 8.78 Å². The molecule has 130 valence electrons. The van der Waals surface area contributed by atoms with Gasteiger partial charge in [0.2, 0.25) is 5.91 Å². The number of nitrogens with zero attached hydrogens (tertiary/aromatic N) is 2. The number of hydrogen-bond acceptors (Lipinski definition) is 4. The molecule has 0 fully saturated rings. The molecule has 7 heteroatoms. The predicted octanol–water partition coefficient (Wildman–Crippen LogP) is 3.63. The second-order valence-corrected chi connectivity index (χ2v) is 5.57. The van der Waals surface area contributed by atoms with Crippen LogP contribution in [0, 0.1) is 0 Å². The van der Waals surface area contributed by atoms with Gasteiger partial charge in [-0.15, -0.1) is 0 Å². The SMILES string of the molecule is CN(Cc1ccc(OC(F)F)cc1)C(=O)Cc1noc2ccccc12. The number of fused-ring (bicyclic) bond motifs is 1. The van der Waals surface area contributed by atoms with Crippen LogP contribution in [0.1, 0.15) is 11.3 Å². The van der Waals surface area contributed by atoms with Gasteiger partial charge >= 0.3 is 6.61 Å². The lowest BCUT2D eigenvalue weighted by Crippen LogP contribution is -2.27. The van der Waals surface area contributed by atoms with Crippen molar-refractivity contribution in [2.24, 2.45) is 0 Å². The van der Waals surface area contributed by atoms with Gasteiger partial charge in [-0.3, -0.25) is 4.79 Å². The van der Waals surface area contributed by atoms with Crippen LogP contribution in [0.5, 0.6) is 5.75 Å². The summed E-state index contributed by atoms with van der Waals surface area (Å²) in [5.41, 5.74) is 2.04. The third-order valence-electron chi connectivity index (χ3n) is 3.76. The first-order valence-electron chi connectivity index (χ1n) is 7.64. The second kappa shape index (κ2) is 7.29. The zero-order chi connectivity index (χ0) is 17.8. The van der Waals surface area contributed by atoms with Crippen molar-refractivity contribution >= 4 is 16.9 Å². The Morgan fingerprint density at radius 3 is 2.64 bits per heavy atom. The number of hydrogen-bond donors (Lipinski definition) is 0. The molecule has 0 spiro atoms. The number of para-hydroxylation sites is 1. The van der Waals surface area contributed by atoms with Gasteiger partial charge in [0.15, 0.2) is 5.58 Å². The number of benzene rings is 2. The van der Waals surface area contributed by atoms with Crippen molar-refractivity contribution in [2.75, 3.05) is 7.05 Å². The number of aromatic nitrogens is 1. The van der Waals surface area contributed by atoms with Crippen LogP contribution in [0.25, 0.3) is 11.0 Å². The maximum Gasteiger partial charge on any atom is 0.387 e. The first-order chi connectivity index (χ1) is 12.0. The van der Waals surface area contributed by atoms with Crippen LogP contribution >= 0.6 is 0 Å². The van der Waals surface area contributed by atoms with E-state index >= 15 is 0 Å². The van der Waals surface area contributed by atoms with Gasteiger partial charge in [-0.05, 0) is 29.8 Å². The zero-order valence-electron chi connectivity index (χ0n) is 13.5. The summed E-state index contributed by atoms with van der Waals surface area (Å²) in [5.74, 6) is -0.0336. The highest BCUT2D eigenvalue weighted by Crippen LogP contribution is 2.19. The van der Waals surface area contributed by atoms with E-state index in [4.69, 9.17) is 4.52 Å². The molecule has 25 heavy (non-hydrogen) atoms. The molecule has 0 aliphatic heterocycles. The maximum atomic E-state index is 12.4. The molecular formula is C18H16F2N2O3. The number of carbonyl (C=O) groups excluding carboxylic acids is 1. The number of carbonyl (C=O) groups is 1. The third kappa shape index (κ3) is 4.12. The zero-order valence-corrected chi connectivity index (χ0v) is 13.5. The molecule has 1 amide bonds. The molecule has 0 atom stereocenters. The lowest BCUT2D eigenvalue weighted by molar-refractivity contribution is -0.129. The molecule has 0 unspecified atom stereocenters. The van der Waals surface area contributed by atoms with Gasteiger partial charge in [0.05, 0.1) is 6.42 Å². The smallest absolute Gasteiger partial charge is 0.387 e. The highest BCUT2D eigenvalue weighted by atomic mass is 19.3. The summed E-state index contributed by atoms with van der Waals surface area (Å²) in [7, 11) is 1.67. The van der Waals surface area contributed by atoms with E-state index < -0.39 is 6.61 Å². The van der Waals surface area contributed by atoms with Gasteiger partial charge in [0.25, 0.3) is 0 Å². The largest absolute Gasteiger partial charge is 0.435 e. The van der Waals surface area contributed by atoms with Crippen LogP contribution in [0.2, 0.25) is 0 Å². The number of halogens is 2. The maximum absolute atomic E-state index is 12.4. The Balaban J connectivity index is 1.62. The minimum atomic E-state index is -2.85. The second-order valence-electron chi connectivity index (χ2n) is 5.57. The number of rotatable bonds is 6. The van der Waals surface area contributed by atoms with Crippen molar-refractivity contribution in [3.05, 3.63) is 59.8 Å². The summed E-state index contributed by atoms with van der Waals surface area (Å²) in [6.45, 7) is -2.50. The molecule has 0 N–H and O–H groups in total. The predicted molar refractivity (Wildman–Crippen MR) is 87.3 cm³/mol. The Labute approximate surface area is 142 Å². The molecule has 0 aliphatic carbocycles. The molecule has 0 saturated heterocycles. The number of ether oxygens (including phenoxy) is 1. The van der Waals surface area contributed by atoms with Crippen molar-refractivity contribution < 1.29 is 22.8 Å². The molecule has 0 radical (unpaired) electrons. The van der Waals surface area contributed by atoms with Crippen molar-refractivity contribution in [3.63, 3.8) is 0 Å². The van der Waals surface area contributed by atoms with E-state index in [1.165, 1.54) is 12.1 Å². The average molecular weight is 346 g/mol. The van der Waals surface area contributed by atoms with E-state index in [1.54, 1.807) is 30.1 Å². The Kier molecular flexibility index (Phi) is 4.92. The van der Waals surface area contributed by atoms with E-state index in [0.717, 1.165) is 10.9 Å². The molecule has 2 aromatic carbocycles. The van der Waals surface area contributed by atoms with E-state index in [2.05, 4.69) is 9.89 Å². The Morgan fingerprint density at radius 1 is 1.20 bits per heavy atom. The summed E-state index contributed by atoms with van der Waals surface area (Å²) >= 11 is 0. The summed E-state index contributed by atoms with van der Waals surface area (Å²) in [6, 6.07) is 13.5. The van der Waals surface area contributed by atoms with Gasteiger partial charge in [-0.25, -0.2) is 0 Å². The molecule has 3 aromatic rings. The molecular weight excluding hydrogens is 330 g/mol. The fourth-order valence-corrected chi connectivity index (χ4v) is 2.48. The Hall–Kier alpha value is -2.96. The molecule has 0 saturated carbocycles. The Morgan fingerprint density at radius 2 is 1.92 bits per heavy atom. The summed E-state index contributed by atoms with van der Waals surface area (Å²) in [5, 5.41) is 4.77. The minimum Gasteiger partial charge on any atom is -0.435 e. The molecule has 1 aromatic heterocycles. The van der Waals surface area contributed by atoms with Gasteiger partial charge < -0.3 is 14.2 Å². The van der Waals surface area contributed by atoms with Crippen LogP contribution in [-0.2, 0) is 17.8 Å². The summed E-state index contributed by atoms with van der Waals surface area (Å²) in [4.78, 5) is 13.9. The van der Waals surface area contributed by atoms with Gasteiger partial charge in [-0.2, -0.15) is 8.78 Å². The van der Waals surface area contributed by atoms with E-state index in [1.807, 2.05) is 18.2 Å². The molecule has 5 nitrogen and oxygen atoms in total. The topological polar surface area (TPSA) is 55.6 Å². The summed E-state index contributed by atoms with van der Waals surface area (Å²) in [6.07, 6.45) is 0.125. The van der Waals surface area contributed by atoms with Crippen LogP contribution in [0.15, 0.2) is 53.1 Å². The lowest BCUT2D eigenvalue weighted by Gasteiger charge is -2.17. The van der Waals surface area contributed by atoms with E-state index in [9.17, 15) is 13.6 Å². The van der Waals surface area contributed by atoms with Gasteiger partial charge in [-0.1, -0.05) is 29.4 Å². The minimum absolute atomic E-state index is 0.0850. The van der Waals surface area contributed by atoms with Crippen LogP contribution in [-0.4, -0.2) is 29.6 Å². The molecule has 0 bridgehead atoms. The van der Waals surface area contributed by atoms with E-state index in [-0.39, 0.29) is 18.1 Å². The molecule has 3 rings (SSSR count). The van der Waals surface area contributed by atoms with Crippen molar-refractivity contribution in [1.29, 1.82) is 0 Å². The monoisotopic (exact) mass is 346 g/mol. The molecule has 1 heterocycles. The van der Waals surface area contributed by atoms with Crippen molar-refractivity contribution in [3.8, 4) is 5.75 Å². The molecule has 0 aliphatic rings. The quantitative estimate of drug-likeness (QED) is 0.684. The lowest BCUT2D eigenvalue weighted by atomic mass is 10.1. The van der Waals surface area contributed by atoms with Crippen molar-refractivity contribution in [1.82, 2.24) is 10.1 Å².